The molecular formula is C44H27N. The lowest BCUT2D eigenvalue weighted by Gasteiger charge is -2.13. The first kappa shape index (κ1) is 24.5. The SMILES string of the molecule is c1cc(-c2ccc3c4ccccc4c4ccccc4c3c2)cc(-n2c3cc4ccccc4cc3c3c4ccccc4ccc32)c1. The lowest BCUT2D eigenvalue weighted by Crippen LogP contribution is -1.94. The molecule has 10 aromatic rings. The second-order valence-electron chi connectivity index (χ2n) is 12.1. The molecule has 208 valence electrons. The highest BCUT2D eigenvalue weighted by atomic mass is 15.0. The van der Waals surface area contributed by atoms with Crippen LogP contribution in [0.25, 0.3) is 92.5 Å². The molecule has 1 aromatic heterocycles. The molecular weight excluding hydrogens is 542 g/mol. The maximum absolute atomic E-state index is 2.46. The number of hydrogen-bond donors (Lipinski definition) is 0. The summed E-state index contributed by atoms with van der Waals surface area (Å²) in [5, 5.41) is 15.5. The van der Waals surface area contributed by atoms with Crippen LogP contribution in [0, 0.1) is 0 Å². The molecule has 0 atom stereocenters. The van der Waals surface area contributed by atoms with E-state index in [-0.39, 0.29) is 0 Å². The molecule has 0 saturated carbocycles. The van der Waals surface area contributed by atoms with E-state index in [4.69, 9.17) is 0 Å². The summed E-state index contributed by atoms with van der Waals surface area (Å²) in [7, 11) is 0. The highest BCUT2D eigenvalue weighted by Crippen LogP contribution is 2.40. The molecule has 1 heteroatoms. The maximum Gasteiger partial charge on any atom is 0.0547 e. The molecule has 1 heterocycles. The fraction of sp³-hybridized carbons (Fsp3) is 0. The number of hydrogen-bond acceptors (Lipinski definition) is 0. The minimum atomic E-state index is 1.17. The molecule has 0 bridgehead atoms. The van der Waals surface area contributed by atoms with E-state index < -0.39 is 0 Å². The van der Waals surface area contributed by atoms with Gasteiger partial charge in [-0.15, -0.1) is 0 Å². The zero-order chi connectivity index (χ0) is 29.5. The van der Waals surface area contributed by atoms with Crippen molar-refractivity contribution in [2.75, 3.05) is 0 Å². The summed E-state index contributed by atoms with van der Waals surface area (Å²) in [6.07, 6.45) is 0. The van der Waals surface area contributed by atoms with Crippen LogP contribution in [0.15, 0.2) is 164 Å². The van der Waals surface area contributed by atoms with Gasteiger partial charge in [0.2, 0.25) is 0 Å². The third-order valence-electron chi connectivity index (χ3n) is 9.70. The van der Waals surface area contributed by atoms with Crippen molar-refractivity contribution in [3.8, 4) is 16.8 Å². The highest BCUT2D eigenvalue weighted by molar-refractivity contribution is 6.26. The second-order valence-corrected chi connectivity index (χ2v) is 12.1. The topological polar surface area (TPSA) is 4.93 Å². The monoisotopic (exact) mass is 569 g/mol. The third kappa shape index (κ3) is 3.56. The minimum absolute atomic E-state index is 1.17. The first-order chi connectivity index (χ1) is 22.3. The van der Waals surface area contributed by atoms with Crippen LogP contribution in [0.5, 0.6) is 0 Å². The van der Waals surface area contributed by atoms with Gasteiger partial charge in [0.15, 0.2) is 0 Å². The third-order valence-corrected chi connectivity index (χ3v) is 9.70. The fourth-order valence-electron chi connectivity index (χ4n) is 7.66. The predicted octanol–water partition coefficient (Wildman–Crippen LogP) is 12.2. The van der Waals surface area contributed by atoms with E-state index >= 15 is 0 Å². The molecule has 45 heavy (non-hydrogen) atoms. The van der Waals surface area contributed by atoms with Crippen LogP contribution in [0.2, 0.25) is 0 Å². The molecule has 0 spiro atoms. The number of aromatic nitrogens is 1. The highest BCUT2D eigenvalue weighted by Gasteiger charge is 2.17. The Bertz CT molecular complexity index is 2780. The second kappa shape index (κ2) is 9.29. The summed E-state index contributed by atoms with van der Waals surface area (Å²) in [6.45, 7) is 0. The van der Waals surface area contributed by atoms with Crippen LogP contribution >= 0.6 is 0 Å². The van der Waals surface area contributed by atoms with Crippen LogP contribution in [0.4, 0.5) is 0 Å². The van der Waals surface area contributed by atoms with Crippen molar-refractivity contribution in [3.05, 3.63) is 164 Å². The van der Waals surface area contributed by atoms with E-state index in [1.54, 1.807) is 0 Å². The summed E-state index contributed by atoms with van der Waals surface area (Å²) in [6, 6.07) is 60.3. The van der Waals surface area contributed by atoms with Gasteiger partial charge in [-0.05, 0) is 101 Å². The van der Waals surface area contributed by atoms with Gasteiger partial charge in [0.1, 0.15) is 0 Å². The van der Waals surface area contributed by atoms with Gasteiger partial charge >= 0.3 is 0 Å². The predicted molar refractivity (Wildman–Crippen MR) is 194 cm³/mol. The Hall–Kier alpha value is -5.92. The van der Waals surface area contributed by atoms with Gasteiger partial charge in [0.25, 0.3) is 0 Å². The lowest BCUT2D eigenvalue weighted by atomic mass is 9.92. The molecule has 0 N–H and O–H groups in total. The molecule has 0 aliphatic carbocycles. The molecule has 9 aromatic carbocycles. The van der Waals surface area contributed by atoms with Gasteiger partial charge in [0.05, 0.1) is 11.0 Å². The first-order valence-corrected chi connectivity index (χ1v) is 15.6. The smallest absolute Gasteiger partial charge is 0.0547 e. The van der Waals surface area contributed by atoms with E-state index in [2.05, 4.69) is 168 Å². The molecule has 0 radical (unpaired) electrons. The minimum Gasteiger partial charge on any atom is -0.309 e. The molecule has 1 nitrogen and oxygen atoms in total. The normalized spacial score (nSPS) is 12.0. The van der Waals surface area contributed by atoms with E-state index in [0.29, 0.717) is 0 Å². The fourth-order valence-corrected chi connectivity index (χ4v) is 7.66. The Balaban J connectivity index is 1.25. The van der Waals surface area contributed by atoms with Crippen molar-refractivity contribution in [1.29, 1.82) is 0 Å². The lowest BCUT2D eigenvalue weighted by molar-refractivity contribution is 1.18. The van der Waals surface area contributed by atoms with E-state index in [1.807, 2.05) is 0 Å². The summed E-state index contributed by atoms with van der Waals surface area (Å²) >= 11 is 0. The molecule has 0 unspecified atom stereocenters. The van der Waals surface area contributed by atoms with Crippen molar-refractivity contribution in [2.45, 2.75) is 0 Å². The van der Waals surface area contributed by atoms with Crippen LogP contribution in [0.1, 0.15) is 0 Å². The molecule has 0 saturated heterocycles. The van der Waals surface area contributed by atoms with E-state index in [9.17, 15) is 0 Å². The van der Waals surface area contributed by atoms with Crippen LogP contribution < -0.4 is 0 Å². The zero-order valence-corrected chi connectivity index (χ0v) is 24.5. The Morgan fingerprint density at radius 3 is 1.60 bits per heavy atom. The Kier molecular flexibility index (Phi) is 5.06. The molecule has 0 aliphatic rings. The van der Waals surface area contributed by atoms with Gasteiger partial charge in [-0.2, -0.15) is 0 Å². The number of fused-ring (bicyclic) bond motifs is 12. The summed E-state index contributed by atoms with van der Waals surface area (Å²) in [5.41, 5.74) is 6.06. The number of rotatable bonds is 2. The Labute approximate surface area is 260 Å². The van der Waals surface area contributed by atoms with Gasteiger partial charge < -0.3 is 4.57 Å². The average Bonchev–Trinajstić information content (AvgIpc) is 3.44. The molecule has 0 aliphatic heterocycles. The number of benzene rings is 9. The Morgan fingerprint density at radius 1 is 0.289 bits per heavy atom. The summed E-state index contributed by atoms with van der Waals surface area (Å²) in [4.78, 5) is 0. The first-order valence-electron chi connectivity index (χ1n) is 15.6. The number of nitrogens with zero attached hydrogens (tertiary/aromatic N) is 1. The molecule has 10 rings (SSSR count). The van der Waals surface area contributed by atoms with Crippen molar-refractivity contribution in [1.82, 2.24) is 4.57 Å². The van der Waals surface area contributed by atoms with Gasteiger partial charge in [-0.25, -0.2) is 0 Å². The summed E-state index contributed by atoms with van der Waals surface area (Å²) in [5.74, 6) is 0. The van der Waals surface area contributed by atoms with Crippen molar-refractivity contribution in [3.63, 3.8) is 0 Å². The van der Waals surface area contributed by atoms with Crippen LogP contribution in [0.3, 0.4) is 0 Å². The van der Waals surface area contributed by atoms with E-state index in [0.717, 1.165) is 0 Å². The van der Waals surface area contributed by atoms with Gasteiger partial charge in [-0.1, -0.05) is 127 Å². The van der Waals surface area contributed by atoms with Crippen LogP contribution in [-0.2, 0) is 0 Å². The van der Waals surface area contributed by atoms with Crippen molar-refractivity contribution >= 4 is 75.7 Å². The van der Waals surface area contributed by atoms with Gasteiger partial charge in [-0.3, -0.25) is 0 Å². The van der Waals surface area contributed by atoms with E-state index in [1.165, 1.54) is 92.5 Å². The largest absolute Gasteiger partial charge is 0.309 e. The standard InChI is InChI=1S/C44H27N/c1-2-12-31-27-43-41(26-30(31)11-1)44-34-15-4-3-10-28(34)21-23-42(44)45(43)33-14-9-13-29(24-33)32-20-22-39-37-18-6-5-16-35(37)36-17-7-8-19-38(36)40(39)25-32/h1-27H. The zero-order valence-electron chi connectivity index (χ0n) is 24.5. The van der Waals surface area contributed by atoms with Crippen molar-refractivity contribution in [2.24, 2.45) is 0 Å². The van der Waals surface area contributed by atoms with Crippen LogP contribution in [-0.4, -0.2) is 4.57 Å². The molecule has 0 fully saturated rings. The maximum atomic E-state index is 2.46. The van der Waals surface area contributed by atoms with Gasteiger partial charge in [0, 0.05) is 16.5 Å². The molecule has 0 amide bonds. The Morgan fingerprint density at radius 2 is 0.867 bits per heavy atom. The summed E-state index contributed by atoms with van der Waals surface area (Å²) < 4.78 is 2.46. The van der Waals surface area contributed by atoms with Crippen molar-refractivity contribution < 1.29 is 0 Å². The average molecular weight is 570 g/mol. The quantitative estimate of drug-likeness (QED) is 0.183.